The topological polar surface area (TPSA) is 45.1 Å². The Kier molecular flexibility index (Phi) is 17.3. The van der Waals surface area contributed by atoms with Crippen LogP contribution in [0.2, 0.25) is 0 Å². The van der Waals surface area contributed by atoms with Crippen LogP contribution in [0.25, 0.3) is 127 Å². The van der Waals surface area contributed by atoms with E-state index >= 15 is 0 Å². The van der Waals surface area contributed by atoms with Crippen molar-refractivity contribution in [1.82, 2.24) is 13.7 Å². The zero-order valence-electron chi connectivity index (χ0n) is 81.7. The Hall–Kier alpha value is -13.1. The second-order valence-corrected chi connectivity index (χ2v) is 42.7. The van der Waals surface area contributed by atoms with Crippen molar-refractivity contribution in [2.75, 3.05) is 9.80 Å². The molecule has 126 heavy (non-hydrogen) atoms. The predicted octanol–water partition coefficient (Wildman–Crippen LogP) is 30.7. The van der Waals surface area contributed by atoms with Gasteiger partial charge in [0.15, 0.2) is 0 Å². The molecule has 0 unspecified atom stereocenters. The summed E-state index contributed by atoms with van der Waals surface area (Å²) in [5.41, 5.74) is 31.3. The van der Waals surface area contributed by atoms with Crippen LogP contribution in [0.1, 0.15) is 197 Å². The van der Waals surface area contributed by atoms with Crippen LogP contribution in [0.3, 0.4) is 0 Å². The van der Waals surface area contributed by atoms with Gasteiger partial charge < -0.3 is 23.5 Å². The van der Waals surface area contributed by atoms with E-state index in [1.807, 2.05) is 24.3 Å². The van der Waals surface area contributed by atoms with E-state index < -0.39 is 30.3 Å². The number of benzene rings is 15. The van der Waals surface area contributed by atoms with Gasteiger partial charge in [-0.3, -0.25) is 0 Å². The van der Waals surface area contributed by atoms with Gasteiger partial charge in [-0.05, 0) is 260 Å². The number of fused-ring (bicyclic) bond motifs is 13. The van der Waals surface area contributed by atoms with Crippen molar-refractivity contribution in [3.63, 3.8) is 0 Å². The molecule has 7 heteroatoms. The smallest absolute Gasteiger partial charge is 0.252 e. The van der Waals surface area contributed by atoms with E-state index in [9.17, 15) is 8.00 Å². The molecule has 18 aromatic rings. The minimum Gasteiger partial charge on any atom is -0.310 e. The Morgan fingerprint density at radius 2 is 0.627 bits per heavy atom. The number of hydrogen-bond donors (Lipinski definition) is 0. The van der Waals surface area contributed by atoms with Crippen LogP contribution in [0.4, 0.5) is 34.1 Å². The van der Waals surface area contributed by atoms with Crippen molar-refractivity contribution in [3.8, 4) is 67.6 Å². The van der Waals surface area contributed by atoms with Gasteiger partial charge in [-0.1, -0.05) is 315 Å². The molecule has 5 heterocycles. The zero-order valence-corrected chi connectivity index (χ0v) is 76.7. The first-order chi connectivity index (χ1) is 61.9. The first-order valence-corrected chi connectivity index (χ1v) is 44.8. The molecule has 0 spiro atoms. The highest BCUT2D eigenvalue weighted by molar-refractivity contribution is 7.00. The van der Waals surface area contributed by atoms with Crippen LogP contribution in [0.15, 0.2) is 303 Å². The van der Waals surface area contributed by atoms with Crippen molar-refractivity contribution in [2.45, 2.75) is 183 Å². The van der Waals surface area contributed by atoms with Gasteiger partial charge in [0.25, 0.3) is 6.71 Å². The van der Waals surface area contributed by atoms with Crippen LogP contribution in [-0.4, -0.2) is 20.4 Å². The van der Waals surface area contributed by atoms with E-state index in [2.05, 4.69) is 424 Å². The van der Waals surface area contributed by atoms with Gasteiger partial charge in [-0.2, -0.15) is 5.26 Å². The number of nitriles is 1. The maximum atomic E-state index is 12.4. The molecule has 20 rings (SSSR count). The molecule has 0 saturated carbocycles. The molecule has 0 bridgehead atoms. The number of rotatable bonds is 9. The lowest BCUT2D eigenvalue weighted by atomic mass is 9.33. The first kappa shape index (κ1) is 75.4. The van der Waals surface area contributed by atoms with Gasteiger partial charge in [-0.15, -0.1) is 0 Å². The molecule has 15 aromatic carbocycles. The van der Waals surface area contributed by atoms with Gasteiger partial charge in [0.1, 0.15) is 6.07 Å². The second-order valence-electron chi connectivity index (χ2n) is 42.7. The second kappa shape index (κ2) is 29.0. The summed E-state index contributed by atoms with van der Waals surface area (Å²) in [7, 11) is 0. The third-order valence-electron chi connectivity index (χ3n) is 27.0. The number of para-hydroxylation sites is 2. The van der Waals surface area contributed by atoms with Crippen molar-refractivity contribution in [1.29, 1.82) is 5.26 Å². The maximum Gasteiger partial charge on any atom is 0.252 e. The van der Waals surface area contributed by atoms with Crippen molar-refractivity contribution in [3.05, 3.63) is 348 Å². The summed E-state index contributed by atoms with van der Waals surface area (Å²) in [6, 6.07) is 103. The van der Waals surface area contributed by atoms with Gasteiger partial charge in [0, 0.05) is 83.3 Å². The number of anilines is 6. The van der Waals surface area contributed by atoms with E-state index in [0.717, 1.165) is 145 Å². The highest BCUT2D eigenvalue weighted by Gasteiger charge is 2.46. The van der Waals surface area contributed by atoms with Crippen LogP contribution < -0.4 is 26.2 Å². The van der Waals surface area contributed by atoms with E-state index in [4.69, 9.17) is 4.11 Å². The monoisotopic (exact) mass is 1640 g/mol. The summed E-state index contributed by atoms with van der Waals surface area (Å²) in [4.78, 5) is 5.06. The van der Waals surface area contributed by atoms with Crippen LogP contribution in [0.5, 0.6) is 0 Å². The van der Waals surface area contributed by atoms with Gasteiger partial charge in [0.05, 0.1) is 56.9 Å². The molecule has 2 aliphatic heterocycles. The van der Waals surface area contributed by atoms with Crippen molar-refractivity contribution in [2.24, 2.45) is 0 Å². The molecule has 6 nitrogen and oxygen atoms in total. The molecular formula is C119H113BN6. The lowest BCUT2D eigenvalue weighted by Gasteiger charge is -2.46. The van der Waals surface area contributed by atoms with Gasteiger partial charge in [0.2, 0.25) is 0 Å². The number of hydrogen-bond acceptors (Lipinski definition) is 3. The molecule has 0 N–H and O–H groups in total. The molecule has 0 atom stereocenters. The van der Waals surface area contributed by atoms with Crippen LogP contribution >= 0.6 is 0 Å². The Morgan fingerprint density at radius 3 is 1.07 bits per heavy atom. The predicted molar refractivity (Wildman–Crippen MR) is 541 cm³/mol. The summed E-state index contributed by atoms with van der Waals surface area (Å²) >= 11 is 0. The molecule has 0 amide bonds. The van der Waals surface area contributed by atoms with Gasteiger partial charge in [-0.25, -0.2) is 0 Å². The summed E-state index contributed by atoms with van der Waals surface area (Å²) in [6.07, 6.45) is 0. The Bertz CT molecular complexity index is 7660. The number of nitrogens with zero attached hydrogens (tertiary/aromatic N) is 6. The van der Waals surface area contributed by atoms with E-state index in [-0.39, 0.29) is 50.1 Å². The molecule has 0 radical (unpaired) electrons. The SMILES string of the molecule is [2H]c1c([2H])c([2H])c(-c2cccc(-c3cc(C(C)(C)C)cc(-c4ccccc4)c3N3c4cc(-n5c6ccc(C(C)(C)C)cc6c6cc(C(C)(C)C)ccc65)ccc4B4c5ccc(-n6c7ccc(C(C)(C)C)cc7c7cc(C(C)(C)C)ccc76)cc5N(c5cc(-n6c7ccccc7c7ccccc76)ccc5C#N)c5cc(-c6cc(C(C)(C)C)cc(C(C)(C)C)c6)cc3c54)c2)c([2H])c1[2H]. The number of aromatic nitrogens is 3. The average Bonchev–Trinajstić information content (AvgIpc) is 0.778. The standard InChI is InChI=1S/C119H113BN6/c1-113(2,3)80-44-53-102-94(63-80)95-64-81(114(4,5)6)45-54-103(95)123(102)88-49-51-98-107(70-88)125(106-69-87(48-43-77(106)72-121)122-100-41-30-28-39-90(100)91-40-29-31-42-101(91)122)109-60-79(78-58-84(117(13,14)15)62-85(59-78)118(16,17)18)61-110-111(109)120(98)99-52-50-89(124-104-55-46-82(115(7,8)9)65-96(104)97-66-83(116(10,11)12)47-56-105(97)124)71-108(99)126(110)112-92(74-35-26-23-27-36-74)67-86(119(19,20)21)68-93(112)76-38-32-37-75(57-76)73-33-24-22-25-34-73/h22-71H,1-21H3/i22D,24D,25D,33D,34D. The third-order valence-corrected chi connectivity index (χ3v) is 27.0. The summed E-state index contributed by atoms with van der Waals surface area (Å²) in [6.45, 7) is 47.8. The first-order valence-electron chi connectivity index (χ1n) is 47.3. The lowest BCUT2D eigenvalue weighted by molar-refractivity contribution is 0.569. The molecule has 2 aliphatic rings. The lowest BCUT2D eigenvalue weighted by Crippen LogP contribution is -2.61. The quantitative estimate of drug-likeness (QED) is 0.135. The zero-order chi connectivity index (χ0) is 92.5. The molecule has 622 valence electrons. The van der Waals surface area contributed by atoms with E-state index in [1.165, 1.54) is 54.9 Å². The average molecular weight is 1640 g/mol. The fourth-order valence-electron chi connectivity index (χ4n) is 19.8. The van der Waals surface area contributed by atoms with E-state index in [0.29, 0.717) is 16.8 Å². The minimum absolute atomic E-state index is 0.123. The molecule has 0 aliphatic carbocycles. The Morgan fingerprint density at radius 1 is 0.262 bits per heavy atom. The molecule has 3 aromatic heterocycles. The summed E-state index contributed by atoms with van der Waals surface area (Å²) in [5, 5.41) is 19.4. The van der Waals surface area contributed by atoms with Crippen LogP contribution in [0, 0.1) is 11.3 Å². The fraction of sp³-hybridized carbons (Fsp3) is 0.235. The minimum atomic E-state index is -0.486. The Balaban J connectivity index is 0.990. The van der Waals surface area contributed by atoms with Crippen molar-refractivity contribution >= 4 is 123 Å². The maximum absolute atomic E-state index is 12.4. The third kappa shape index (κ3) is 13.6. The van der Waals surface area contributed by atoms with E-state index in [1.54, 1.807) is 0 Å². The van der Waals surface area contributed by atoms with Crippen LogP contribution in [-0.2, 0) is 37.9 Å². The molecule has 0 saturated heterocycles. The summed E-state index contributed by atoms with van der Waals surface area (Å²) in [5.74, 6) is 0. The molecular weight excluding hydrogens is 1520 g/mol. The molecule has 0 fully saturated rings. The highest BCUT2D eigenvalue weighted by atomic mass is 15.2. The normalized spacial score (nSPS) is 13.9. The fourth-order valence-corrected chi connectivity index (χ4v) is 19.8. The highest BCUT2D eigenvalue weighted by Crippen LogP contribution is 2.55. The van der Waals surface area contributed by atoms with Crippen molar-refractivity contribution < 1.29 is 6.85 Å². The largest absolute Gasteiger partial charge is 0.310 e. The Labute approximate surface area is 752 Å². The summed E-state index contributed by atoms with van der Waals surface area (Å²) < 4.78 is 53.6. The van der Waals surface area contributed by atoms with Gasteiger partial charge >= 0.3 is 0 Å².